The van der Waals surface area contributed by atoms with Gasteiger partial charge in [-0.2, -0.15) is 0 Å². The lowest BCUT2D eigenvalue weighted by Crippen LogP contribution is -2.13. The number of rotatable bonds is 3. The number of hydrogen-bond donors (Lipinski definition) is 0. The van der Waals surface area contributed by atoms with Crippen molar-refractivity contribution in [2.75, 3.05) is 4.90 Å². The Morgan fingerprint density at radius 2 is 0.957 bits per heavy atom. The Kier molecular flexibility index (Phi) is 4.70. The van der Waals surface area contributed by atoms with Crippen LogP contribution in [0.1, 0.15) is 52.7 Å². The van der Waals surface area contributed by atoms with Crippen molar-refractivity contribution in [3.05, 3.63) is 72.4 Å². The highest BCUT2D eigenvalue weighted by atomic mass is 15.1. The van der Waals surface area contributed by atoms with Gasteiger partial charge in [-0.3, -0.25) is 0 Å². The molecule has 2 rings (SSSR count). The van der Waals surface area contributed by atoms with Gasteiger partial charge in [0.2, 0.25) is 0 Å². The SMILES string of the molecule is C=CN(c1ccc(C(C)(C)C)cc1)c1ccc(C(C)(C)C)cc1. The number of nitrogens with zero attached hydrogens (tertiary/aromatic N) is 1. The second-order valence-electron chi connectivity index (χ2n) is 8.15. The van der Waals surface area contributed by atoms with Crippen molar-refractivity contribution in [1.29, 1.82) is 0 Å². The Labute approximate surface area is 141 Å². The predicted molar refractivity (Wildman–Crippen MR) is 103 cm³/mol. The summed E-state index contributed by atoms with van der Waals surface area (Å²) in [4.78, 5) is 2.12. The van der Waals surface area contributed by atoms with E-state index < -0.39 is 0 Å². The molecule has 0 saturated carbocycles. The van der Waals surface area contributed by atoms with Crippen LogP contribution in [0.4, 0.5) is 11.4 Å². The van der Waals surface area contributed by atoms with E-state index in [9.17, 15) is 0 Å². The fraction of sp³-hybridized carbons (Fsp3) is 0.364. The van der Waals surface area contributed by atoms with Gasteiger partial charge in [-0.05, 0) is 46.2 Å². The van der Waals surface area contributed by atoms with Gasteiger partial charge < -0.3 is 4.90 Å². The predicted octanol–water partition coefficient (Wildman–Crippen LogP) is 6.56. The average molecular weight is 307 g/mol. The highest BCUT2D eigenvalue weighted by Crippen LogP contribution is 2.31. The molecule has 23 heavy (non-hydrogen) atoms. The molecular weight excluding hydrogens is 278 g/mol. The van der Waals surface area contributed by atoms with Gasteiger partial charge in [0.05, 0.1) is 0 Å². The molecule has 1 heteroatoms. The van der Waals surface area contributed by atoms with Crippen molar-refractivity contribution >= 4 is 11.4 Å². The molecular formula is C22H29N. The second kappa shape index (κ2) is 6.23. The molecule has 0 aliphatic carbocycles. The summed E-state index contributed by atoms with van der Waals surface area (Å²) in [6, 6.07) is 17.5. The summed E-state index contributed by atoms with van der Waals surface area (Å²) in [5, 5.41) is 0. The van der Waals surface area contributed by atoms with Crippen molar-refractivity contribution in [3.63, 3.8) is 0 Å². The largest absolute Gasteiger partial charge is 0.318 e. The first-order valence-electron chi connectivity index (χ1n) is 8.26. The standard InChI is InChI=1S/C22H29N/c1-8-23(19-13-9-17(10-14-19)21(2,3)4)20-15-11-18(12-16-20)22(5,6)7/h8-16H,1H2,2-7H3. The molecule has 0 atom stereocenters. The molecule has 2 aromatic rings. The van der Waals surface area contributed by atoms with E-state index in [1.165, 1.54) is 11.1 Å². The lowest BCUT2D eigenvalue weighted by molar-refractivity contribution is 0.590. The number of hydrogen-bond acceptors (Lipinski definition) is 1. The molecule has 0 fully saturated rings. The van der Waals surface area contributed by atoms with E-state index in [0.717, 1.165) is 11.4 Å². The molecule has 0 heterocycles. The maximum Gasteiger partial charge on any atom is 0.0455 e. The molecule has 0 spiro atoms. The lowest BCUT2D eigenvalue weighted by atomic mass is 9.87. The normalized spacial score (nSPS) is 12.1. The van der Waals surface area contributed by atoms with E-state index in [1.54, 1.807) is 0 Å². The molecule has 0 unspecified atom stereocenters. The Hall–Kier alpha value is -2.02. The van der Waals surface area contributed by atoms with Crippen LogP contribution in [-0.4, -0.2) is 0 Å². The van der Waals surface area contributed by atoms with Crippen molar-refractivity contribution < 1.29 is 0 Å². The third-order valence-electron chi connectivity index (χ3n) is 4.21. The average Bonchev–Trinajstić information content (AvgIpc) is 2.47. The van der Waals surface area contributed by atoms with Crippen molar-refractivity contribution in [3.8, 4) is 0 Å². The number of anilines is 2. The van der Waals surface area contributed by atoms with Crippen LogP contribution in [0.5, 0.6) is 0 Å². The highest BCUT2D eigenvalue weighted by molar-refractivity contribution is 5.66. The molecule has 0 bridgehead atoms. The summed E-state index contributed by atoms with van der Waals surface area (Å²) < 4.78 is 0. The molecule has 0 N–H and O–H groups in total. The smallest absolute Gasteiger partial charge is 0.0455 e. The van der Waals surface area contributed by atoms with Gasteiger partial charge in [0, 0.05) is 17.6 Å². The van der Waals surface area contributed by atoms with Crippen LogP contribution in [0.3, 0.4) is 0 Å². The summed E-state index contributed by atoms with van der Waals surface area (Å²) in [7, 11) is 0. The van der Waals surface area contributed by atoms with E-state index in [1.807, 2.05) is 6.20 Å². The Bertz CT molecular complexity index is 592. The van der Waals surface area contributed by atoms with Gasteiger partial charge in [-0.15, -0.1) is 0 Å². The zero-order valence-electron chi connectivity index (χ0n) is 15.4. The zero-order valence-corrected chi connectivity index (χ0v) is 15.4. The molecule has 0 radical (unpaired) electrons. The summed E-state index contributed by atoms with van der Waals surface area (Å²) >= 11 is 0. The monoisotopic (exact) mass is 307 g/mol. The van der Waals surface area contributed by atoms with Crippen molar-refractivity contribution in [1.82, 2.24) is 0 Å². The molecule has 2 aromatic carbocycles. The minimum absolute atomic E-state index is 0.173. The topological polar surface area (TPSA) is 3.24 Å². The molecule has 0 aliphatic heterocycles. The summed E-state index contributed by atoms with van der Waals surface area (Å²) in [5.74, 6) is 0. The van der Waals surface area contributed by atoms with Crippen LogP contribution in [0.2, 0.25) is 0 Å². The van der Waals surface area contributed by atoms with Gasteiger partial charge in [0.1, 0.15) is 0 Å². The summed E-state index contributed by atoms with van der Waals surface area (Å²) in [6.07, 6.45) is 1.87. The minimum Gasteiger partial charge on any atom is -0.318 e. The quantitative estimate of drug-likeness (QED) is 0.620. The van der Waals surface area contributed by atoms with Gasteiger partial charge >= 0.3 is 0 Å². The minimum atomic E-state index is 0.173. The molecule has 122 valence electrons. The lowest BCUT2D eigenvalue weighted by Gasteiger charge is -2.25. The maximum atomic E-state index is 3.98. The van der Waals surface area contributed by atoms with Crippen molar-refractivity contribution in [2.24, 2.45) is 0 Å². The molecule has 1 nitrogen and oxygen atoms in total. The van der Waals surface area contributed by atoms with Gasteiger partial charge in [-0.1, -0.05) is 72.4 Å². The molecule has 0 aliphatic rings. The first-order valence-corrected chi connectivity index (χ1v) is 8.26. The second-order valence-corrected chi connectivity index (χ2v) is 8.15. The van der Waals surface area contributed by atoms with Crippen molar-refractivity contribution in [2.45, 2.75) is 52.4 Å². The van der Waals surface area contributed by atoms with Gasteiger partial charge in [-0.25, -0.2) is 0 Å². The maximum absolute atomic E-state index is 3.98. The van der Waals surface area contributed by atoms with Crippen LogP contribution >= 0.6 is 0 Å². The Balaban J connectivity index is 2.31. The molecule has 0 saturated heterocycles. The fourth-order valence-electron chi connectivity index (χ4n) is 2.60. The van der Waals surface area contributed by atoms with Crippen LogP contribution in [0.25, 0.3) is 0 Å². The highest BCUT2D eigenvalue weighted by Gasteiger charge is 2.16. The summed E-state index contributed by atoms with van der Waals surface area (Å²) in [5.41, 5.74) is 5.30. The van der Waals surface area contributed by atoms with Crippen LogP contribution < -0.4 is 4.90 Å². The summed E-state index contributed by atoms with van der Waals surface area (Å²) in [6.45, 7) is 17.4. The molecule has 0 aromatic heterocycles. The van der Waals surface area contributed by atoms with E-state index in [0.29, 0.717) is 0 Å². The Morgan fingerprint density at radius 1 is 0.652 bits per heavy atom. The van der Waals surface area contributed by atoms with E-state index >= 15 is 0 Å². The van der Waals surface area contributed by atoms with E-state index in [2.05, 4.69) is 102 Å². The third kappa shape index (κ3) is 4.04. The van der Waals surface area contributed by atoms with Gasteiger partial charge in [0.25, 0.3) is 0 Å². The number of benzene rings is 2. The first kappa shape index (κ1) is 17.3. The van der Waals surface area contributed by atoms with Crippen LogP contribution in [0.15, 0.2) is 61.3 Å². The van der Waals surface area contributed by atoms with Crippen LogP contribution in [0, 0.1) is 0 Å². The third-order valence-corrected chi connectivity index (χ3v) is 4.21. The van der Waals surface area contributed by atoms with Crippen LogP contribution in [-0.2, 0) is 10.8 Å². The fourth-order valence-corrected chi connectivity index (χ4v) is 2.60. The Morgan fingerprint density at radius 3 is 1.17 bits per heavy atom. The van der Waals surface area contributed by atoms with E-state index in [4.69, 9.17) is 0 Å². The zero-order chi connectivity index (χ0) is 17.3. The molecule has 0 amide bonds. The van der Waals surface area contributed by atoms with E-state index in [-0.39, 0.29) is 10.8 Å². The first-order chi connectivity index (χ1) is 10.6. The van der Waals surface area contributed by atoms with Gasteiger partial charge in [0.15, 0.2) is 0 Å².